The van der Waals surface area contributed by atoms with E-state index in [1.54, 1.807) is 20.8 Å². The second-order valence-electron chi connectivity index (χ2n) is 5.59. The lowest BCUT2D eigenvalue weighted by Crippen LogP contribution is -2.63. The van der Waals surface area contributed by atoms with Crippen LogP contribution in [-0.2, 0) is 23.8 Å². The smallest absolute Gasteiger partial charge is 0.334 e. The Morgan fingerprint density at radius 2 is 2.00 bits per heavy atom. The van der Waals surface area contributed by atoms with Crippen molar-refractivity contribution in [2.45, 2.75) is 57.3 Å². The quantitative estimate of drug-likeness (QED) is 0.563. The Morgan fingerprint density at radius 3 is 2.55 bits per heavy atom. The first-order valence-corrected chi connectivity index (χ1v) is 7.56. The monoisotopic (exact) mass is 395 g/mol. The van der Waals surface area contributed by atoms with Gasteiger partial charge in [0.25, 0.3) is 0 Å². The SMILES string of the molecule is CC(=O)N[C@]1(C)C(=O)O[C@@H]2[C@H](/C=C/I)OC(C)(C)O[C@@H]21. The molecule has 2 aliphatic heterocycles. The van der Waals surface area contributed by atoms with Gasteiger partial charge in [0.05, 0.1) is 0 Å². The topological polar surface area (TPSA) is 73.9 Å². The van der Waals surface area contributed by atoms with Gasteiger partial charge in [0, 0.05) is 6.92 Å². The van der Waals surface area contributed by atoms with Gasteiger partial charge in [0.15, 0.2) is 17.4 Å². The van der Waals surface area contributed by atoms with Gasteiger partial charge in [-0.1, -0.05) is 22.6 Å². The van der Waals surface area contributed by atoms with Gasteiger partial charge in [-0.25, -0.2) is 4.79 Å². The number of halogens is 1. The molecule has 2 heterocycles. The lowest BCUT2D eigenvalue weighted by atomic mass is 9.90. The third kappa shape index (κ3) is 2.71. The second-order valence-corrected chi connectivity index (χ2v) is 6.31. The van der Waals surface area contributed by atoms with E-state index >= 15 is 0 Å². The predicted octanol–water partition coefficient (Wildman–Crippen LogP) is 1.28. The standard InChI is InChI=1S/C13H18INO5/c1-7(16)15-13(4)10-9(18-11(13)17)8(5-6-14)19-12(2,3)20-10/h5-6,8-10H,1-4H3,(H,15,16)/b6-5+/t8-,9+,10-,13-/m0/s1. The van der Waals surface area contributed by atoms with Gasteiger partial charge < -0.3 is 19.5 Å². The van der Waals surface area contributed by atoms with E-state index in [2.05, 4.69) is 27.9 Å². The first kappa shape index (κ1) is 15.7. The van der Waals surface area contributed by atoms with Gasteiger partial charge in [-0.2, -0.15) is 0 Å². The Labute approximate surface area is 131 Å². The fraction of sp³-hybridized carbons (Fsp3) is 0.692. The maximum Gasteiger partial charge on any atom is 0.334 e. The van der Waals surface area contributed by atoms with Crippen LogP contribution in [0.25, 0.3) is 0 Å². The molecular weight excluding hydrogens is 377 g/mol. The van der Waals surface area contributed by atoms with Crippen LogP contribution in [0.4, 0.5) is 0 Å². The van der Waals surface area contributed by atoms with E-state index in [1.165, 1.54) is 6.92 Å². The molecule has 0 aromatic heterocycles. The van der Waals surface area contributed by atoms with Gasteiger partial charge in [-0.05, 0) is 30.9 Å². The van der Waals surface area contributed by atoms with Crippen molar-refractivity contribution in [1.29, 1.82) is 0 Å². The molecule has 2 aliphatic rings. The number of amides is 1. The number of esters is 1. The molecule has 0 bridgehead atoms. The molecule has 2 rings (SSSR count). The first-order valence-electron chi connectivity index (χ1n) is 6.32. The molecule has 7 heteroatoms. The van der Waals surface area contributed by atoms with Crippen molar-refractivity contribution in [3.63, 3.8) is 0 Å². The highest BCUT2D eigenvalue weighted by molar-refractivity contribution is 14.1. The minimum Gasteiger partial charge on any atom is -0.455 e. The van der Waals surface area contributed by atoms with E-state index in [4.69, 9.17) is 14.2 Å². The minimum absolute atomic E-state index is 0.306. The number of carbonyl (C=O) groups is 2. The summed E-state index contributed by atoms with van der Waals surface area (Å²) in [7, 11) is 0. The normalized spacial score (nSPS) is 39.5. The maximum absolute atomic E-state index is 12.2. The van der Waals surface area contributed by atoms with Crippen LogP contribution in [0.5, 0.6) is 0 Å². The van der Waals surface area contributed by atoms with Crippen LogP contribution >= 0.6 is 22.6 Å². The van der Waals surface area contributed by atoms with Crippen LogP contribution < -0.4 is 5.32 Å². The van der Waals surface area contributed by atoms with Crippen molar-refractivity contribution in [2.24, 2.45) is 0 Å². The zero-order valence-corrected chi connectivity index (χ0v) is 14.0. The number of ether oxygens (including phenoxy) is 3. The van der Waals surface area contributed by atoms with Crippen LogP contribution in [0.3, 0.4) is 0 Å². The Bertz CT molecular complexity index is 464. The molecule has 0 aromatic rings. The zero-order valence-electron chi connectivity index (χ0n) is 11.8. The summed E-state index contributed by atoms with van der Waals surface area (Å²) in [6.07, 6.45) is 0.244. The Hall–Kier alpha value is -0.670. The van der Waals surface area contributed by atoms with Crippen molar-refractivity contribution in [2.75, 3.05) is 0 Å². The van der Waals surface area contributed by atoms with E-state index in [1.807, 2.05) is 10.2 Å². The fourth-order valence-electron chi connectivity index (χ4n) is 2.61. The summed E-state index contributed by atoms with van der Waals surface area (Å²) < 4.78 is 18.8. The third-order valence-corrected chi connectivity index (χ3v) is 3.80. The van der Waals surface area contributed by atoms with E-state index in [0.717, 1.165) is 0 Å². The molecule has 112 valence electrons. The number of hydrogen-bond acceptors (Lipinski definition) is 5. The summed E-state index contributed by atoms with van der Waals surface area (Å²) >= 11 is 2.08. The molecule has 1 amide bonds. The van der Waals surface area contributed by atoms with E-state index < -0.39 is 35.6 Å². The van der Waals surface area contributed by atoms with Crippen molar-refractivity contribution >= 4 is 34.5 Å². The van der Waals surface area contributed by atoms with Gasteiger partial charge in [0.2, 0.25) is 5.91 Å². The second kappa shape index (κ2) is 5.27. The lowest BCUT2D eigenvalue weighted by molar-refractivity contribution is -0.316. The molecule has 0 saturated carbocycles. The van der Waals surface area contributed by atoms with Crippen molar-refractivity contribution < 1.29 is 23.8 Å². The summed E-state index contributed by atoms with van der Waals surface area (Å²) in [6, 6.07) is 0. The Morgan fingerprint density at radius 1 is 1.35 bits per heavy atom. The van der Waals surface area contributed by atoms with Crippen LogP contribution in [0.15, 0.2) is 10.2 Å². The maximum atomic E-state index is 12.2. The molecule has 0 unspecified atom stereocenters. The summed E-state index contributed by atoms with van der Waals surface area (Å²) in [4.78, 5) is 23.5. The van der Waals surface area contributed by atoms with Crippen LogP contribution in [0.2, 0.25) is 0 Å². The Balaban J connectivity index is 2.36. The highest BCUT2D eigenvalue weighted by atomic mass is 127. The summed E-state index contributed by atoms with van der Waals surface area (Å²) in [5.74, 6) is -1.68. The molecule has 0 spiro atoms. The van der Waals surface area contributed by atoms with Crippen molar-refractivity contribution in [1.82, 2.24) is 5.32 Å². The first-order chi connectivity index (χ1) is 9.19. The van der Waals surface area contributed by atoms with Gasteiger partial charge in [0.1, 0.15) is 12.2 Å². The molecule has 0 radical (unpaired) electrons. The molecule has 2 fully saturated rings. The van der Waals surface area contributed by atoms with Crippen molar-refractivity contribution in [3.05, 3.63) is 10.2 Å². The largest absolute Gasteiger partial charge is 0.455 e. The average Bonchev–Trinajstić information content (AvgIpc) is 2.51. The third-order valence-electron chi connectivity index (χ3n) is 3.39. The van der Waals surface area contributed by atoms with Crippen LogP contribution in [-0.4, -0.2) is 41.5 Å². The molecular formula is C13H18INO5. The number of nitrogens with one attached hydrogen (secondary N) is 1. The van der Waals surface area contributed by atoms with Crippen molar-refractivity contribution in [3.8, 4) is 0 Å². The number of rotatable bonds is 2. The molecule has 6 nitrogen and oxygen atoms in total. The molecule has 0 aromatic carbocycles. The predicted molar refractivity (Wildman–Crippen MR) is 79.1 cm³/mol. The number of fused-ring (bicyclic) bond motifs is 1. The number of hydrogen-bond donors (Lipinski definition) is 1. The fourth-order valence-corrected chi connectivity index (χ4v) is 3.02. The minimum atomic E-state index is -1.20. The number of carbonyl (C=O) groups excluding carboxylic acids is 2. The van der Waals surface area contributed by atoms with E-state index in [-0.39, 0.29) is 5.91 Å². The van der Waals surface area contributed by atoms with Crippen LogP contribution in [0.1, 0.15) is 27.7 Å². The van der Waals surface area contributed by atoms with Gasteiger partial charge in [-0.3, -0.25) is 4.79 Å². The summed E-state index contributed by atoms with van der Waals surface area (Å²) in [6.45, 7) is 6.52. The zero-order chi connectivity index (χ0) is 15.1. The van der Waals surface area contributed by atoms with Crippen LogP contribution in [0, 0.1) is 0 Å². The summed E-state index contributed by atoms with van der Waals surface area (Å²) in [5, 5.41) is 2.65. The van der Waals surface area contributed by atoms with Gasteiger partial charge in [-0.15, -0.1) is 0 Å². The molecule has 4 atom stereocenters. The molecule has 0 aliphatic carbocycles. The lowest BCUT2D eigenvalue weighted by Gasteiger charge is -2.43. The Kier molecular flexibility index (Phi) is 4.14. The van der Waals surface area contributed by atoms with E-state index in [9.17, 15) is 9.59 Å². The highest BCUT2D eigenvalue weighted by Gasteiger charge is 2.62. The highest BCUT2D eigenvalue weighted by Crippen LogP contribution is 2.40. The van der Waals surface area contributed by atoms with E-state index in [0.29, 0.717) is 0 Å². The average molecular weight is 395 g/mol. The molecule has 2 saturated heterocycles. The molecule has 1 N–H and O–H groups in total. The summed E-state index contributed by atoms with van der Waals surface area (Å²) in [5.41, 5.74) is -1.20. The van der Waals surface area contributed by atoms with Gasteiger partial charge >= 0.3 is 5.97 Å². The molecule has 20 heavy (non-hydrogen) atoms.